The fraction of sp³-hybridized carbons (Fsp3) is 1.00. The molecule has 2 nitrogen and oxygen atoms in total. The Morgan fingerprint density at radius 1 is 1.11 bits per heavy atom. The molecule has 0 spiro atoms. The van der Waals surface area contributed by atoms with Crippen LogP contribution in [-0.4, -0.2) is 36.1 Å². The van der Waals surface area contributed by atoms with Gasteiger partial charge in [0.1, 0.15) is 0 Å². The SMILES string of the molecule is CC(C)N(CC1CCCCN1)C1CC2CCC1C2. The van der Waals surface area contributed by atoms with Crippen LogP contribution in [0.25, 0.3) is 0 Å². The molecule has 0 radical (unpaired) electrons. The van der Waals surface area contributed by atoms with E-state index in [1.807, 2.05) is 0 Å². The zero-order valence-corrected chi connectivity index (χ0v) is 12.2. The van der Waals surface area contributed by atoms with Gasteiger partial charge in [-0.1, -0.05) is 12.8 Å². The molecule has 3 aliphatic rings. The molecule has 2 saturated carbocycles. The quantitative estimate of drug-likeness (QED) is 0.825. The first-order chi connectivity index (χ1) is 8.74. The van der Waals surface area contributed by atoms with Crippen molar-refractivity contribution in [1.82, 2.24) is 10.2 Å². The summed E-state index contributed by atoms with van der Waals surface area (Å²) in [6.07, 6.45) is 10.3. The summed E-state index contributed by atoms with van der Waals surface area (Å²) in [7, 11) is 0. The minimum absolute atomic E-state index is 0.720. The summed E-state index contributed by atoms with van der Waals surface area (Å²) in [5.74, 6) is 2.10. The van der Waals surface area contributed by atoms with Gasteiger partial charge in [-0.25, -0.2) is 0 Å². The van der Waals surface area contributed by atoms with Crippen LogP contribution in [0, 0.1) is 11.8 Å². The second kappa shape index (κ2) is 5.50. The monoisotopic (exact) mass is 250 g/mol. The van der Waals surface area contributed by atoms with Crippen molar-refractivity contribution in [3.8, 4) is 0 Å². The Labute approximate surface area is 113 Å². The lowest BCUT2D eigenvalue weighted by Crippen LogP contribution is -2.51. The maximum Gasteiger partial charge on any atom is 0.0195 e. The lowest BCUT2D eigenvalue weighted by Gasteiger charge is -2.40. The average Bonchev–Trinajstić information content (AvgIpc) is 2.99. The molecule has 2 bridgehead atoms. The van der Waals surface area contributed by atoms with Gasteiger partial charge in [-0.15, -0.1) is 0 Å². The van der Waals surface area contributed by atoms with Crippen molar-refractivity contribution < 1.29 is 0 Å². The Balaban J connectivity index is 1.61. The van der Waals surface area contributed by atoms with Crippen LogP contribution in [-0.2, 0) is 0 Å². The van der Waals surface area contributed by atoms with E-state index in [0.717, 1.165) is 30.0 Å². The molecule has 1 N–H and O–H groups in total. The first-order valence-electron chi connectivity index (χ1n) is 8.23. The lowest BCUT2D eigenvalue weighted by molar-refractivity contribution is 0.0911. The van der Waals surface area contributed by atoms with Gasteiger partial charge in [0, 0.05) is 24.7 Å². The minimum atomic E-state index is 0.720. The van der Waals surface area contributed by atoms with Gasteiger partial charge in [0.2, 0.25) is 0 Å². The van der Waals surface area contributed by atoms with Crippen LogP contribution in [0.15, 0.2) is 0 Å². The highest BCUT2D eigenvalue weighted by Gasteiger charge is 2.43. The molecule has 3 fully saturated rings. The molecule has 3 rings (SSSR count). The molecule has 4 atom stereocenters. The second-order valence-corrected chi connectivity index (χ2v) is 7.18. The van der Waals surface area contributed by atoms with Crippen LogP contribution >= 0.6 is 0 Å². The molecular formula is C16H30N2. The summed E-state index contributed by atoms with van der Waals surface area (Å²) in [6, 6.07) is 2.39. The van der Waals surface area contributed by atoms with Crippen molar-refractivity contribution >= 4 is 0 Å². The summed E-state index contributed by atoms with van der Waals surface area (Å²) in [4.78, 5) is 2.84. The third kappa shape index (κ3) is 2.60. The van der Waals surface area contributed by atoms with Gasteiger partial charge in [0.25, 0.3) is 0 Å². The number of nitrogens with one attached hydrogen (secondary N) is 1. The number of nitrogens with zero attached hydrogens (tertiary/aromatic N) is 1. The Hall–Kier alpha value is -0.0800. The largest absolute Gasteiger partial charge is 0.313 e. The van der Waals surface area contributed by atoms with Gasteiger partial charge in [0.15, 0.2) is 0 Å². The zero-order chi connectivity index (χ0) is 12.5. The normalized spacial score (nSPS) is 40.0. The summed E-state index contributed by atoms with van der Waals surface area (Å²) in [6.45, 7) is 7.34. The smallest absolute Gasteiger partial charge is 0.0195 e. The summed E-state index contributed by atoms with van der Waals surface area (Å²) in [5, 5.41) is 3.73. The molecule has 1 aliphatic heterocycles. The lowest BCUT2D eigenvalue weighted by atomic mass is 9.92. The third-order valence-corrected chi connectivity index (χ3v) is 5.63. The van der Waals surface area contributed by atoms with Crippen LogP contribution in [0.2, 0.25) is 0 Å². The van der Waals surface area contributed by atoms with E-state index in [9.17, 15) is 0 Å². The highest BCUT2D eigenvalue weighted by atomic mass is 15.2. The number of piperidine rings is 1. The molecule has 18 heavy (non-hydrogen) atoms. The molecular weight excluding hydrogens is 220 g/mol. The van der Waals surface area contributed by atoms with E-state index in [0.29, 0.717) is 0 Å². The molecule has 0 amide bonds. The highest BCUT2D eigenvalue weighted by molar-refractivity contribution is 4.97. The van der Waals surface area contributed by atoms with E-state index < -0.39 is 0 Å². The molecule has 4 unspecified atom stereocenters. The number of hydrogen-bond donors (Lipinski definition) is 1. The second-order valence-electron chi connectivity index (χ2n) is 7.18. The van der Waals surface area contributed by atoms with Crippen molar-refractivity contribution in [1.29, 1.82) is 0 Å². The van der Waals surface area contributed by atoms with E-state index in [2.05, 4.69) is 24.1 Å². The van der Waals surface area contributed by atoms with Crippen molar-refractivity contribution in [3.63, 3.8) is 0 Å². The molecule has 1 saturated heterocycles. The van der Waals surface area contributed by atoms with Crippen molar-refractivity contribution in [2.45, 2.75) is 76.9 Å². The molecule has 0 aromatic carbocycles. The fourth-order valence-corrected chi connectivity index (χ4v) is 4.68. The predicted molar refractivity (Wildman–Crippen MR) is 76.7 cm³/mol. The van der Waals surface area contributed by atoms with E-state index in [1.54, 1.807) is 0 Å². The maximum absolute atomic E-state index is 3.73. The predicted octanol–water partition coefficient (Wildman–Crippen LogP) is 3.03. The average molecular weight is 250 g/mol. The van der Waals surface area contributed by atoms with Crippen molar-refractivity contribution in [3.05, 3.63) is 0 Å². The summed E-state index contributed by atoms with van der Waals surface area (Å²) >= 11 is 0. The van der Waals surface area contributed by atoms with Gasteiger partial charge in [-0.05, 0) is 64.3 Å². The fourth-order valence-electron chi connectivity index (χ4n) is 4.68. The number of rotatable bonds is 4. The Morgan fingerprint density at radius 3 is 2.56 bits per heavy atom. The van der Waals surface area contributed by atoms with Gasteiger partial charge in [-0.2, -0.15) is 0 Å². The van der Waals surface area contributed by atoms with Gasteiger partial charge < -0.3 is 5.32 Å². The third-order valence-electron chi connectivity index (χ3n) is 5.63. The summed E-state index contributed by atoms with van der Waals surface area (Å²) < 4.78 is 0. The van der Waals surface area contributed by atoms with Crippen molar-refractivity contribution in [2.24, 2.45) is 11.8 Å². The minimum Gasteiger partial charge on any atom is -0.313 e. The maximum atomic E-state index is 3.73. The van der Waals surface area contributed by atoms with Crippen molar-refractivity contribution in [2.75, 3.05) is 13.1 Å². The van der Waals surface area contributed by atoms with Crippen LogP contribution in [0.3, 0.4) is 0 Å². The zero-order valence-electron chi connectivity index (χ0n) is 12.2. The molecule has 104 valence electrons. The van der Waals surface area contributed by atoms with Crippen LogP contribution in [0.1, 0.15) is 58.8 Å². The van der Waals surface area contributed by atoms with E-state index in [-0.39, 0.29) is 0 Å². The Kier molecular flexibility index (Phi) is 3.95. The van der Waals surface area contributed by atoms with Crippen LogP contribution in [0.4, 0.5) is 0 Å². The molecule has 0 aromatic rings. The number of hydrogen-bond acceptors (Lipinski definition) is 2. The standard InChI is InChI=1S/C16H30N2/c1-12(2)18(11-15-5-3-4-8-17-15)16-10-13-6-7-14(16)9-13/h12-17H,3-11H2,1-2H3. The highest BCUT2D eigenvalue weighted by Crippen LogP contribution is 2.47. The van der Waals surface area contributed by atoms with Crippen LogP contribution in [0.5, 0.6) is 0 Å². The first-order valence-corrected chi connectivity index (χ1v) is 8.23. The first kappa shape index (κ1) is 12.9. The number of fused-ring (bicyclic) bond motifs is 2. The van der Waals surface area contributed by atoms with Gasteiger partial charge >= 0.3 is 0 Å². The van der Waals surface area contributed by atoms with Gasteiger partial charge in [0.05, 0.1) is 0 Å². The molecule has 2 aliphatic carbocycles. The summed E-state index contributed by atoms with van der Waals surface area (Å²) in [5.41, 5.74) is 0. The molecule has 0 aromatic heterocycles. The Morgan fingerprint density at radius 2 is 2.00 bits per heavy atom. The Bertz CT molecular complexity index is 270. The van der Waals surface area contributed by atoms with E-state index in [1.165, 1.54) is 58.0 Å². The van der Waals surface area contributed by atoms with E-state index >= 15 is 0 Å². The molecule has 1 heterocycles. The van der Waals surface area contributed by atoms with Gasteiger partial charge in [-0.3, -0.25) is 4.90 Å². The topological polar surface area (TPSA) is 15.3 Å². The van der Waals surface area contributed by atoms with Crippen LogP contribution < -0.4 is 5.32 Å². The van der Waals surface area contributed by atoms with E-state index in [4.69, 9.17) is 0 Å². The molecule has 2 heteroatoms.